The van der Waals surface area contributed by atoms with Gasteiger partial charge in [0.25, 0.3) is 0 Å². The smallest absolute Gasteiger partial charge is 0.336 e. The summed E-state index contributed by atoms with van der Waals surface area (Å²) in [4.78, 5) is 16.1. The number of carboxylic acids is 1. The molecule has 2 N–H and O–H groups in total. The van der Waals surface area contributed by atoms with Crippen molar-refractivity contribution < 1.29 is 9.90 Å². The van der Waals surface area contributed by atoms with Gasteiger partial charge in [0.1, 0.15) is 5.82 Å². The molecule has 0 unspecified atom stereocenters. The molecule has 0 atom stereocenters. The number of aromatic carboxylic acids is 1. The Morgan fingerprint density at radius 3 is 2.38 bits per heavy atom. The molecule has 1 heterocycles. The van der Waals surface area contributed by atoms with Crippen LogP contribution < -0.4 is 5.32 Å². The van der Waals surface area contributed by atoms with Crippen LogP contribution in [0.4, 0.5) is 5.82 Å². The molecular weight excluding hydrogens is 264 g/mol. The van der Waals surface area contributed by atoms with Crippen molar-refractivity contribution in [3.63, 3.8) is 0 Å². The van der Waals surface area contributed by atoms with Crippen molar-refractivity contribution >= 4 is 22.7 Å². The third-order valence-corrected chi connectivity index (χ3v) is 4.37. The molecule has 1 aromatic carbocycles. The number of nitrogens with one attached hydrogen (secondary N) is 1. The molecule has 0 radical (unpaired) electrons. The first-order chi connectivity index (χ1) is 10.0. The van der Waals surface area contributed by atoms with Crippen LogP contribution in [-0.4, -0.2) is 21.6 Å². The predicted molar refractivity (Wildman–Crippen MR) is 85.9 cm³/mol. The normalized spacial score (nSPS) is 11.6. The van der Waals surface area contributed by atoms with Crippen LogP contribution in [0.3, 0.4) is 0 Å². The molecule has 0 aliphatic heterocycles. The lowest BCUT2D eigenvalue weighted by Gasteiger charge is -2.32. The van der Waals surface area contributed by atoms with E-state index in [0.29, 0.717) is 22.3 Å². The Balaban J connectivity index is 2.53. The van der Waals surface area contributed by atoms with Gasteiger partial charge in [-0.2, -0.15) is 0 Å². The minimum absolute atomic E-state index is 0.0365. The number of hydrogen-bond acceptors (Lipinski definition) is 3. The van der Waals surface area contributed by atoms with E-state index < -0.39 is 5.97 Å². The van der Waals surface area contributed by atoms with E-state index in [1.807, 2.05) is 18.2 Å². The number of carboxylic acid groups (broad SMARTS) is 1. The zero-order valence-corrected chi connectivity index (χ0v) is 12.8. The highest BCUT2D eigenvalue weighted by molar-refractivity contribution is 6.03. The first-order valence-corrected chi connectivity index (χ1v) is 7.46. The number of aromatic nitrogens is 1. The summed E-state index contributed by atoms with van der Waals surface area (Å²) in [6.45, 7) is 6.41. The summed E-state index contributed by atoms with van der Waals surface area (Å²) in [6, 6.07) is 8.98. The van der Waals surface area contributed by atoms with Crippen LogP contribution in [0.15, 0.2) is 30.3 Å². The van der Waals surface area contributed by atoms with E-state index in [9.17, 15) is 9.90 Å². The number of rotatable bonds is 6. The van der Waals surface area contributed by atoms with Crippen molar-refractivity contribution in [2.45, 2.75) is 45.6 Å². The molecule has 2 aromatic rings. The van der Waals surface area contributed by atoms with Gasteiger partial charge in [-0.05, 0) is 31.4 Å². The molecule has 0 spiro atoms. The number of nitrogens with zero attached hydrogens (tertiary/aromatic N) is 1. The predicted octanol–water partition coefficient (Wildman–Crippen LogP) is 4.31. The van der Waals surface area contributed by atoms with Gasteiger partial charge in [-0.25, -0.2) is 9.78 Å². The molecule has 4 nitrogen and oxygen atoms in total. The summed E-state index contributed by atoms with van der Waals surface area (Å²) in [5.41, 5.74) is 0.961. The number of carbonyl (C=O) groups is 1. The van der Waals surface area contributed by atoms with E-state index in [-0.39, 0.29) is 5.54 Å². The second-order valence-corrected chi connectivity index (χ2v) is 5.34. The molecule has 2 rings (SSSR count). The quantitative estimate of drug-likeness (QED) is 0.830. The van der Waals surface area contributed by atoms with Crippen molar-refractivity contribution in [2.24, 2.45) is 0 Å². The van der Waals surface area contributed by atoms with Gasteiger partial charge in [-0.15, -0.1) is 0 Å². The van der Waals surface area contributed by atoms with Crippen molar-refractivity contribution in [3.05, 3.63) is 35.9 Å². The maximum absolute atomic E-state index is 11.5. The number of benzene rings is 1. The van der Waals surface area contributed by atoms with Gasteiger partial charge in [0.2, 0.25) is 0 Å². The molecule has 21 heavy (non-hydrogen) atoms. The first-order valence-electron chi connectivity index (χ1n) is 7.46. The third-order valence-electron chi connectivity index (χ3n) is 4.37. The van der Waals surface area contributed by atoms with Gasteiger partial charge in [0.05, 0.1) is 11.1 Å². The van der Waals surface area contributed by atoms with Crippen LogP contribution in [0, 0.1) is 0 Å². The van der Waals surface area contributed by atoms with Crippen molar-refractivity contribution in [1.29, 1.82) is 0 Å². The molecule has 0 fully saturated rings. The van der Waals surface area contributed by atoms with E-state index in [1.54, 1.807) is 12.1 Å². The molecule has 0 amide bonds. The Hall–Kier alpha value is -2.10. The SMILES string of the molecule is CCC(CC)(CC)Nc1cc(C(=O)O)c2ccccc2n1. The highest BCUT2D eigenvalue weighted by Crippen LogP contribution is 2.27. The van der Waals surface area contributed by atoms with Crippen molar-refractivity contribution in [2.75, 3.05) is 5.32 Å². The largest absolute Gasteiger partial charge is 0.478 e. The zero-order valence-electron chi connectivity index (χ0n) is 12.8. The zero-order chi connectivity index (χ0) is 15.5. The Morgan fingerprint density at radius 1 is 1.19 bits per heavy atom. The van der Waals surface area contributed by atoms with Crippen LogP contribution in [0.25, 0.3) is 10.9 Å². The van der Waals surface area contributed by atoms with Gasteiger partial charge >= 0.3 is 5.97 Å². The summed E-state index contributed by atoms with van der Waals surface area (Å²) in [5, 5.41) is 13.5. The number of hydrogen-bond donors (Lipinski definition) is 2. The van der Waals surface area contributed by atoms with Gasteiger partial charge in [0, 0.05) is 10.9 Å². The lowest BCUT2D eigenvalue weighted by atomic mass is 9.90. The van der Waals surface area contributed by atoms with E-state index in [2.05, 4.69) is 31.1 Å². The van der Waals surface area contributed by atoms with E-state index in [1.165, 1.54) is 0 Å². The number of pyridine rings is 1. The number of anilines is 1. The average molecular weight is 286 g/mol. The molecule has 0 aliphatic rings. The summed E-state index contributed by atoms with van der Waals surface area (Å²) >= 11 is 0. The lowest BCUT2D eigenvalue weighted by Crippen LogP contribution is -2.36. The highest BCUT2D eigenvalue weighted by Gasteiger charge is 2.24. The topological polar surface area (TPSA) is 62.2 Å². The molecule has 0 aliphatic carbocycles. The summed E-state index contributed by atoms with van der Waals surface area (Å²) in [7, 11) is 0. The van der Waals surface area contributed by atoms with Crippen LogP contribution in [0.1, 0.15) is 50.4 Å². The molecule has 112 valence electrons. The number of para-hydroxylation sites is 1. The fourth-order valence-electron chi connectivity index (χ4n) is 2.70. The van der Waals surface area contributed by atoms with Crippen molar-refractivity contribution in [1.82, 2.24) is 4.98 Å². The van der Waals surface area contributed by atoms with Crippen LogP contribution >= 0.6 is 0 Å². The maximum Gasteiger partial charge on any atom is 0.336 e. The monoisotopic (exact) mass is 286 g/mol. The standard InChI is InChI=1S/C17H22N2O2/c1-4-17(5-2,6-3)19-15-11-13(16(20)21)12-9-7-8-10-14(12)18-15/h7-11H,4-6H2,1-3H3,(H,18,19)(H,20,21). The molecule has 1 aromatic heterocycles. The van der Waals surface area contributed by atoms with E-state index >= 15 is 0 Å². The van der Waals surface area contributed by atoms with E-state index in [0.717, 1.165) is 19.3 Å². The summed E-state index contributed by atoms with van der Waals surface area (Å²) in [6.07, 6.45) is 2.91. The van der Waals surface area contributed by atoms with Gasteiger partial charge < -0.3 is 10.4 Å². The van der Waals surface area contributed by atoms with Crippen LogP contribution in [0.5, 0.6) is 0 Å². The Kier molecular flexibility index (Phi) is 4.46. The number of fused-ring (bicyclic) bond motifs is 1. The molecule has 4 heteroatoms. The minimum atomic E-state index is -0.924. The minimum Gasteiger partial charge on any atom is -0.478 e. The maximum atomic E-state index is 11.5. The lowest BCUT2D eigenvalue weighted by molar-refractivity contribution is 0.0699. The second-order valence-electron chi connectivity index (χ2n) is 5.34. The van der Waals surface area contributed by atoms with Crippen LogP contribution in [0.2, 0.25) is 0 Å². The second kappa shape index (κ2) is 6.12. The van der Waals surface area contributed by atoms with Gasteiger partial charge in [-0.1, -0.05) is 39.0 Å². The fraction of sp³-hybridized carbons (Fsp3) is 0.412. The Labute approximate surface area is 125 Å². The highest BCUT2D eigenvalue weighted by atomic mass is 16.4. The molecular formula is C17H22N2O2. The van der Waals surface area contributed by atoms with Crippen molar-refractivity contribution in [3.8, 4) is 0 Å². The molecule has 0 saturated heterocycles. The third kappa shape index (κ3) is 2.99. The average Bonchev–Trinajstić information content (AvgIpc) is 2.52. The van der Waals surface area contributed by atoms with Gasteiger partial charge in [-0.3, -0.25) is 0 Å². The van der Waals surface area contributed by atoms with E-state index in [4.69, 9.17) is 0 Å². The molecule has 0 bridgehead atoms. The Morgan fingerprint density at radius 2 is 1.81 bits per heavy atom. The first kappa shape index (κ1) is 15.3. The molecule has 0 saturated carbocycles. The Bertz CT molecular complexity index is 640. The van der Waals surface area contributed by atoms with Gasteiger partial charge in [0.15, 0.2) is 0 Å². The summed E-state index contributed by atoms with van der Waals surface area (Å²) < 4.78 is 0. The van der Waals surface area contributed by atoms with Crippen LogP contribution in [-0.2, 0) is 0 Å². The fourth-order valence-corrected chi connectivity index (χ4v) is 2.70. The summed E-state index contributed by atoms with van der Waals surface area (Å²) in [5.74, 6) is -0.289.